The Morgan fingerprint density at radius 3 is 2.90 bits per heavy atom. The van der Waals surface area contributed by atoms with Gasteiger partial charge in [-0.1, -0.05) is 0 Å². The van der Waals surface area contributed by atoms with Gasteiger partial charge in [-0.05, 0) is 46.6 Å². The molecule has 0 radical (unpaired) electrons. The smallest absolute Gasteiger partial charge is 0.178 e. The Kier molecular flexibility index (Phi) is 3.50. The van der Waals surface area contributed by atoms with Gasteiger partial charge >= 0.3 is 0 Å². The minimum atomic E-state index is -2.92. The minimum Gasteiger partial charge on any atom is -0.331 e. The van der Waals surface area contributed by atoms with E-state index in [1.165, 1.54) is 6.07 Å². The molecule has 0 spiro atoms. The molecule has 1 aliphatic rings. The highest BCUT2D eigenvalue weighted by Gasteiger charge is 2.28. The summed E-state index contributed by atoms with van der Waals surface area (Å²) in [4.78, 5) is 3.02. The van der Waals surface area contributed by atoms with E-state index in [0.717, 1.165) is 5.52 Å². The molecule has 1 saturated heterocycles. The molecular weight excluding hydrogens is 367 g/mol. The Morgan fingerprint density at radius 2 is 2.25 bits per heavy atom. The molecule has 0 amide bonds. The lowest BCUT2D eigenvalue weighted by atomic mass is 10.1. The molecule has 0 aliphatic carbocycles. The third kappa shape index (κ3) is 2.56. The van der Waals surface area contributed by atoms with Crippen molar-refractivity contribution in [3.05, 3.63) is 27.2 Å². The van der Waals surface area contributed by atoms with Crippen LogP contribution < -0.4 is 0 Å². The second-order valence-corrected chi connectivity index (χ2v) is 8.56. The minimum absolute atomic E-state index is 0.0393. The number of sulfone groups is 1. The topological polar surface area (TPSA) is 54.9 Å². The van der Waals surface area contributed by atoms with Gasteiger partial charge in [0, 0.05) is 12.6 Å². The molecule has 0 saturated carbocycles. The van der Waals surface area contributed by atoms with Gasteiger partial charge in [0.05, 0.1) is 27.0 Å². The predicted octanol–water partition coefficient (Wildman–Crippen LogP) is 3.04. The summed E-state index contributed by atoms with van der Waals surface area (Å²) in [6.07, 6.45) is 0.635. The van der Waals surface area contributed by atoms with Crippen molar-refractivity contribution in [2.24, 2.45) is 5.92 Å². The van der Waals surface area contributed by atoms with Crippen LogP contribution in [0, 0.1) is 16.5 Å². The van der Waals surface area contributed by atoms with Gasteiger partial charge in [0.15, 0.2) is 14.6 Å². The van der Waals surface area contributed by atoms with Gasteiger partial charge in [0.1, 0.15) is 5.82 Å². The van der Waals surface area contributed by atoms with Crippen LogP contribution in [0.1, 0.15) is 6.42 Å². The Labute approximate surface area is 129 Å². The van der Waals surface area contributed by atoms with Gasteiger partial charge in [-0.15, -0.1) is 0 Å². The highest BCUT2D eigenvalue weighted by Crippen LogP contribution is 2.26. The quantitative estimate of drug-likeness (QED) is 0.817. The number of benzene rings is 1. The highest BCUT2D eigenvalue weighted by molar-refractivity contribution is 9.10. The van der Waals surface area contributed by atoms with Crippen LogP contribution in [-0.4, -0.2) is 29.5 Å². The van der Waals surface area contributed by atoms with E-state index in [4.69, 9.17) is 12.2 Å². The Bertz CT molecular complexity index is 841. The average Bonchev–Trinajstić information content (AvgIpc) is 2.83. The van der Waals surface area contributed by atoms with Crippen molar-refractivity contribution in [3.8, 4) is 0 Å². The molecule has 1 fully saturated rings. The molecule has 0 bridgehead atoms. The standard InChI is InChI=1S/C12H12BrFN2O2S2/c13-8-3-10-11(4-9(8)14)16(12(19)15-10)5-7-1-2-20(17,18)6-7/h3-4,7H,1-2,5-6H2,(H,15,19). The Morgan fingerprint density at radius 1 is 1.50 bits per heavy atom. The normalized spacial score (nSPS) is 21.6. The van der Waals surface area contributed by atoms with Crippen LogP contribution in [0.15, 0.2) is 16.6 Å². The number of imidazole rings is 1. The average molecular weight is 379 g/mol. The molecule has 1 unspecified atom stereocenters. The molecule has 20 heavy (non-hydrogen) atoms. The third-order valence-electron chi connectivity index (χ3n) is 3.58. The number of aromatic nitrogens is 2. The number of aromatic amines is 1. The summed E-state index contributed by atoms with van der Waals surface area (Å²) in [5.41, 5.74) is 1.41. The van der Waals surface area contributed by atoms with E-state index >= 15 is 0 Å². The van der Waals surface area contributed by atoms with E-state index in [0.29, 0.717) is 27.7 Å². The number of hydrogen-bond donors (Lipinski definition) is 1. The summed E-state index contributed by atoms with van der Waals surface area (Å²) in [6, 6.07) is 3.05. The molecule has 3 rings (SSSR count). The summed E-state index contributed by atoms with van der Waals surface area (Å²) in [5.74, 6) is 0.0879. The first-order chi connectivity index (χ1) is 9.35. The summed E-state index contributed by atoms with van der Waals surface area (Å²) in [6.45, 7) is 0.499. The van der Waals surface area contributed by atoms with Gasteiger partial charge in [0.2, 0.25) is 0 Å². The van der Waals surface area contributed by atoms with Gasteiger partial charge in [-0.25, -0.2) is 12.8 Å². The van der Waals surface area contributed by atoms with Crippen LogP contribution >= 0.6 is 28.1 Å². The van der Waals surface area contributed by atoms with Crippen LogP contribution in [0.2, 0.25) is 0 Å². The van der Waals surface area contributed by atoms with Crippen molar-refractivity contribution < 1.29 is 12.8 Å². The number of nitrogens with one attached hydrogen (secondary N) is 1. The van der Waals surface area contributed by atoms with Crippen LogP contribution in [0.4, 0.5) is 4.39 Å². The number of nitrogens with zero attached hydrogens (tertiary/aromatic N) is 1. The van der Waals surface area contributed by atoms with Crippen molar-refractivity contribution in [1.82, 2.24) is 9.55 Å². The van der Waals surface area contributed by atoms with Gasteiger partial charge in [-0.2, -0.15) is 0 Å². The van der Waals surface area contributed by atoms with E-state index in [1.807, 2.05) is 0 Å². The fourth-order valence-electron chi connectivity index (χ4n) is 2.61. The number of fused-ring (bicyclic) bond motifs is 1. The fraction of sp³-hybridized carbons (Fsp3) is 0.417. The molecule has 1 aliphatic heterocycles. The molecule has 8 heteroatoms. The lowest BCUT2D eigenvalue weighted by Gasteiger charge is -2.10. The van der Waals surface area contributed by atoms with Crippen molar-refractivity contribution >= 4 is 49.0 Å². The first kappa shape index (κ1) is 14.2. The monoisotopic (exact) mass is 378 g/mol. The molecule has 4 nitrogen and oxygen atoms in total. The van der Waals surface area contributed by atoms with E-state index in [-0.39, 0.29) is 23.2 Å². The second-order valence-electron chi connectivity index (χ2n) is 5.09. The molecule has 1 N–H and O–H groups in total. The van der Waals surface area contributed by atoms with Crippen LogP contribution in [0.25, 0.3) is 11.0 Å². The number of H-pyrrole nitrogens is 1. The number of rotatable bonds is 2. The first-order valence-corrected chi connectivity index (χ1v) is 9.16. The molecular formula is C12H12BrFN2O2S2. The molecule has 1 aromatic carbocycles. The highest BCUT2D eigenvalue weighted by atomic mass is 79.9. The van der Waals surface area contributed by atoms with Crippen molar-refractivity contribution in [3.63, 3.8) is 0 Å². The summed E-state index contributed by atoms with van der Waals surface area (Å²) >= 11 is 8.39. The Hall–Kier alpha value is -0.730. The lowest BCUT2D eigenvalue weighted by Crippen LogP contribution is -2.12. The van der Waals surface area contributed by atoms with Crippen molar-refractivity contribution in [2.75, 3.05) is 11.5 Å². The predicted molar refractivity (Wildman–Crippen MR) is 81.5 cm³/mol. The zero-order valence-corrected chi connectivity index (χ0v) is 13.6. The van der Waals surface area contributed by atoms with E-state index in [9.17, 15) is 12.8 Å². The van der Waals surface area contributed by atoms with E-state index in [2.05, 4.69) is 20.9 Å². The second kappa shape index (κ2) is 4.92. The molecule has 2 aromatic rings. The number of halogens is 2. The zero-order chi connectivity index (χ0) is 14.5. The zero-order valence-electron chi connectivity index (χ0n) is 10.4. The van der Waals surface area contributed by atoms with Gasteiger partial charge in [-0.3, -0.25) is 0 Å². The first-order valence-electron chi connectivity index (χ1n) is 6.14. The third-order valence-corrected chi connectivity index (χ3v) is 6.35. The van der Waals surface area contributed by atoms with E-state index < -0.39 is 9.84 Å². The van der Waals surface area contributed by atoms with Gasteiger partial charge in [0.25, 0.3) is 0 Å². The fourth-order valence-corrected chi connectivity index (χ4v) is 5.08. The summed E-state index contributed by atoms with van der Waals surface area (Å²) in [5, 5.41) is 0. The van der Waals surface area contributed by atoms with Crippen molar-refractivity contribution in [1.29, 1.82) is 0 Å². The maximum Gasteiger partial charge on any atom is 0.178 e. The summed E-state index contributed by atoms with van der Waals surface area (Å²) in [7, 11) is -2.92. The molecule has 108 valence electrons. The maximum absolute atomic E-state index is 13.7. The SMILES string of the molecule is O=S1(=O)CCC(Cn2c(=S)[nH]c3cc(Br)c(F)cc32)C1. The van der Waals surface area contributed by atoms with Crippen LogP contribution in [-0.2, 0) is 16.4 Å². The Balaban J connectivity index is 2.02. The largest absolute Gasteiger partial charge is 0.331 e. The summed E-state index contributed by atoms with van der Waals surface area (Å²) < 4.78 is 39.3. The van der Waals surface area contributed by atoms with Crippen LogP contribution in [0.3, 0.4) is 0 Å². The van der Waals surface area contributed by atoms with Crippen LogP contribution in [0.5, 0.6) is 0 Å². The maximum atomic E-state index is 13.7. The molecule has 2 heterocycles. The molecule has 1 atom stereocenters. The lowest BCUT2D eigenvalue weighted by molar-refractivity contribution is 0.495. The van der Waals surface area contributed by atoms with Gasteiger partial charge < -0.3 is 9.55 Å². The number of hydrogen-bond acceptors (Lipinski definition) is 3. The van der Waals surface area contributed by atoms with Crippen molar-refractivity contribution in [2.45, 2.75) is 13.0 Å². The van der Waals surface area contributed by atoms with E-state index in [1.54, 1.807) is 10.6 Å². The molecule has 1 aromatic heterocycles.